The molecule has 118 valence electrons. The summed E-state index contributed by atoms with van der Waals surface area (Å²) in [6, 6.07) is 8.13. The average molecular weight is 291 g/mol. The van der Waals surface area contributed by atoms with Crippen molar-refractivity contribution in [2.45, 2.75) is 46.7 Å². The van der Waals surface area contributed by atoms with Gasteiger partial charge in [0.25, 0.3) is 0 Å². The van der Waals surface area contributed by atoms with Crippen LogP contribution in [0.2, 0.25) is 0 Å². The fraction of sp³-hybridized carbons (Fsp3) is 0.588. The number of amides is 1. The van der Waals surface area contributed by atoms with Gasteiger partial charge in [-0.15, -0.1) is 0 Å². The molecule has 4 heteroatoms. The second kappa shape index (κ2) is 8.80. The van der Waals surface area contributed by atoms with Gasteiger partial charge in [-0.25, -0.2) is 0 Å². The van der Waals surface area contributed by atoms with Crippen LogP contribution in [0.15, 0.2) is 24.3 Å². The number of nitrogens with one attached hydrogen (secondary N) is 1. The maximum absolute atomic E-state index is 12.1. The molecule has 1 amide bonds. The van der Waals surface area contributed by atoms with Gasteiger partial charge in [0.05, 0.1) is 0 Å². The van der Waals surface area contributed by atoms with E-state index >= 15 is 0 Å². The van der Waals surface area contributed by atoms with Gasteiger partial charge >= 0.3 is 0 Å². The van der Waals surface area contributed by atoms with Gasteiger partial charge in [-0.2, -0.15) is 0 Å². The van der Waals surface area contributed by atoms with Crippen molar-refractivity contribution in [1.29, 1.82) is 0 Å². The molecular weight excluding hydrogens is 262 g/mol. The van der Waals surface area contributed by atoms with Crippen LogP contribution in [-0.4, -0.2) is 29.9 Å². The average Bonchev–Trinajstić information content (AvgIpc) is 2.43. The van der Waals surface area contributed by atoms with Crippen LogP contribution in [0.4, 0.5) is 5.69 Å². The molecule has 0 aliphatic heterocycles. The molecule has 4 nitrogen and oxygen atoms in total. The molecule has 1 aromatic rings. The molecule has 21 heavy (non-hydrogen) atoms. The molecule has 0 bridgehead atoms. The Balaban J connectivity index is 2.53. The van der Waals surface area contributed by atoms with Gasteiger partial charge in [0.15, 0.2) is 0 Å². The van der Waals surface area contributed by atoms with Gasteiger partial charge in [-0.3, -0.25) is 4.79 Å². The largest absolute Gasteiger partial charge is 0.326 e. The molecule has 1 aromatic carbocycles. The maximum Gasteiger partial charge on any atom is 0.225 e. The zero-order valence-corrected chi connectivity index (χ0v) is 13.7. The Morgan fingerprint density at radius 2 is 1.90 bits per heavy atom. The van der Waals surface area contributed by atoms with E-state index in [0.717, 1.165) is 24.3 Å². The highest BCUT2D eigenvalue weighted by atomic mass is 16.1. The molecule has 1 rings (SSSR count). The molecule has 0 fully saturated rings. The number of hydrogen-bond acceptors (Lipinski definition) is 3. The molecule has 0 aliphatic carbocycles. The lowest BCUT2D eigenvalue weighted by atomic mass is 10.1. The lowest BCUT2D eigenvalue weighted by Crippen LogP contribution is -2.36. The molecule has 0 aliphatic rings. The van der Waals surface area contributed by atoms with E-state index in [1.165, 1.54) is 0 Å². The SMILES string of the molecule is CC(C)CN(CCC(=O)Nc1ccccc1CN)C(C)C. The third kappa shape index (κ3) is 6.27. The second-order valence-corrected chi connectivity index (χ2v) is 6.14. The number of para-hydroxylation sites is 1. The summed E-state index contributed by atoms with van der Waals surface area (Å²) < 4.78 is 0. The van der Waals surface area contributed by atoms with E-state index in [1.807, 2.05) is 24.3 Å². The first-order valence-electron chi connectivity index (χ1n) is 7.76. The topological polar surface area (TPSA) is 58.4 Å². The first-order valence-corrected chi connectivity index (χ1v) is 7.76. The number of hydrogen-bond donors (Lipinski definition) is 2. The van der Waals surface area contributed by atoms with Crippen molar-refractivity contribution in [3.05, 3.63) is 29.8 Å². The molecule has 0 saturated heterocycles. The van der Waals surface area contributed by atoms with Gasteiger partial charge in [0.2, 0.25) is 5.91 Å². The Bertz CT molecular complexity index is 443. The molecule has 0 heterocycles. The van der Waals surface area contributed by atoms with Crippen LogP contribution in [0.1, 0.15) is 39.7 Å². The maximum atomic E-state index is 12.1. The van der Waals surface area contributed by atoms with Crippen LogP contribution < -0.4 is 11.1 Å². The Morgan fingerprint density at radius 3 is 2.48 bits per heavy atom. The van der Waals surface area contributed by atoms with E-state index in [9.17, 15) is 4.79 Å². The predicted molar refractivity (Wildman–Crippen MR) is 89.1 cm³/mol. The van der Waals surface area contributed by atoms with E-state index in [1.54, 1.807) is 0 Å². The van der Waals surface area contributed by atoms with Crippen molar-refractivity contribution < 1.29 is 4.79 Å². The van der Waals surface area contributed by atoms with E-state index in [4.69, 9.17) is 5.73 Å². The van der Waals surface area contributed by atoms with Crippen molar-refractivity contribution in [3.63, 3.8) is 0 Å². The highest BCUT2D eigenvalue weighted by molar-refractivity contribution is 5.91. The summed E-state index contributed by atoms with van der Waals surface area (Å²) in [6.07, 6.45) is 0.504. The number of nitrogens with zero attached hydrogens (tertiary/aromatic N) is 1. The van der Waals surface area contributed by atoms with E-state index < -0.39 is 0 Å². The van der Waals surface area contributed by atoms with Crippen molar-refractivity contribution in [3.8, 4) is 0 Å². The van der Waals surface area contributed by atoms with Gasteiger partial charge < -0.3 is 16.0 Å². The number of rotatable bonds is 8. The Hall–Kier alpha value is -1.39. The summed E-state index contributed by atoms with van der Waals surface area (Å²) in [5.41, 5.74) is 7.47. The first-order chi connectivity index (χ1) is 9.93. The Kier molecular flexibility index (Phi) is 7.40. The Labute approximate surface area is 128 Å². The fourth-order valence-electron chi connectivity index (χ4n) is 2.31. The summed E-state index contributed by atoms with van der Waals surface area (Å²) in [5, 5.41) is 2.96. The summed E-state index contributed by atoms with van der Waals surface area (Å²) in [4.78, 5) is 14.5. The van der Waals surface area contributed by atoms with Crippen LogP contribution in [-0.2, 0) is 11.3 Å². The van der Waals surface area contributed by atoms with Crippen molar-refractivity contribution in [1.82, 2.24) is 4.90 Å². The zero-order chi connectivity index (χ0) is 15.8. The molecule has 3 N–H and O–H groups in total. The standard InChI is InChI=1S/C17H29N3O/c1-13(2)12-20(14(3)4)10-9-17(21)19-16-8-6-5-7-15(16)11-18/h5-8,13-14H,9-12,18H2,1-4H3,(H,19,21). The Morgan fingerprint density at radius 1 is 1.24 bits per heavy atom. The minimum atomic E-state index is 0.0466. The molecule has 0 saturated carbocycles. The molecule has 0 aromatic heterocycles. The molecule has 0 radical (unpaired) electrons. The molecular formula is C17H29N3O. The van der Waals surface area contributed by atoms with Gasteiger partial charge in [0.1, 0.15) is 0 Å². The van der Waals surface area contributed by atoms with Crippen LogP contribution in [0.5, 0.6) is 0 Å². The third-order valence-electron chi connectivity index (χ3n) is 3.47. The lowest BCUT2D eigenvalue weighted by Gasteiger charge is -2.28. The molecule has 0 spiro atoms. The number of benzene rings is 1. The fourth-order valence-corrected chi connectivity index (χ4v) is 2.31. The van der Waals surface area contributed by atoms with E-state index in [-0.39, 0.29) is 5.91 Å². The highest BCUT2D eigenvalue weighted by Gasteiger charge is 2.13. The van der Waals surface area contributed by atoms with Crippen LogP contribution in [0.3, 0.4) is 0 Å². The smallest absolute Gasteiger partial charge is 0.225 e. The summed E-state index contributed by atoms with van der Waals surface area (Å²) in [6.45, 7) is 11.0. The third-order valence-corrected chi connectivity index (χ3v) is 3.47. The quantitative estimate of drug-likeness (QED) is 0.774. The minimum absolute atomic E-state index is 0.0466. The molecule has 0 atom stereocenters. The van der Waals surface area contributed by atoms with Crippen LogP contribution >= 0.6 is 0 Å². The monoisotopic (exact) mass is 291 g/mol. The van der Waals surface area contributed by atoms with Crippen molar-refractivity contribution in [2.75, 3.05) is 18.4 Å². The summed E-state index contributed by atoms with van der Waals surface area (Å²) >= 11 is 0. The van der Waals surface area contributed by atoms with E-state index in [0.29, 0.717) is 24.9 Å². The number of anilines is 1. The summed E-state index contributed by atoms with van der Waals surface area (Å²) in [7, 11) is 0. The first kappa shape index (κ1) is 17.7. The van der Waals surface area contributed by atoms with Crippen molar-refractivity contribution in [2.24, 2.45) is 11.7 Å². The van der Waals surface area contributed by atoms with Crippen LogP contribution in [0.25, 0.3) is 0 Å². The van der Waals surface area contributed by atoms with Gasteiger partial charge in [-0.05, 0) is 31.4 Å². The predicted octanol–water partition coefficient (Wildman–Crippen LogP) is 2.84. The zero-order valence-electron chi connectivity index (χ0n) is 13.7. The second-order valence-electron chi connectivity index (χ2n) is 6.14. The molecule has 0 unspecified atom stereocenters. The van der Waals surface area contributed by atoms with E-state index in [2.05, 4.69) is 37.9 Å². The minimum Gasteiger partial charge on any atom is -0.326 e. The number of carbonyl (C=O) groups excluding carboxylic acids is 1. The number of carbonyl (C=O) groups is 1. The number of nitrogens with two attached hydrogens (primary N) is 1. The van der Waals surface area contributed by atoms with Gasteiger partial charge in [-0.1, -0.05) is 32.0 Å². The normalized spacial score (nSPS) is 11.4. The lowest BCUT2D eigenvalue weighted by molar-refractivity contribution is -0.116. The van der Waals surface area contributed by atoms with Crippen LogP contribution in [0, 0.1) is 5.92 Å². The van der Waals surface area contributed by atoms with Gasteiger partial charge in [0, 0.05) is 37.8 Å². The summed E-state index contributed by atoms with van der Waals surface area (Å²) in [5.74, 6) is 0.652. The highest BCUT2D eigenvalue weighted by Crippen LogP contribution is 2.14. The van der Waals surface area contributed by atoms with Crippen molar-refractivity contribution >= 4 is 11.6 Å².